The summed E-state index contributed by atoms with van der Waals surface area (Å²) in [6, 6.07) is 9.67. The predicted octanol–water partition coefficient (Wildman–Crippen LogP) is 1.38. The van der Waals surface area contributed by atoms with Crippen LogP contribution in [-0.2, 0) is 11.2 Å². The minimum atomic E-state index is -0.234. The highest BCUT2D eigenvalue weighted by atomic mass is 32.1. The number of aromatic amines is 1. The van der Waals surface area contributed by atoms with E-state index in [4.69, 9.17) is 17.0 Å². The van der Waals surface area contributed by atoms with Crippen LogP contribution in [-0.4, -0.2) is 50.8 Å². The molecule has 1 aromatic carbocycles. The highest BCUT2D eigenvalue weighted by Crippen LogP contribution is 2.17. The van der Waals surface area contributed by atoms with E-state index in [-0.39, 0.29) is 5.69 Å². The SMILES string of the molecule is O=c1[nH]c2ccccc2c2cc(CC(=S)N3CCOCC3)nn12. The standard InChI is InChI=1S/C16H16N4O2S/c21-16-17-13-4-2-1-3-12(13)14-9-11(18-20(14)16)10-15(23)19-5-7-22-8-6-19/h1-4,9H,5-8,10H2,(H,17,21). The highest BCUT2D eigenvalue weighted by Gasteiger charge is 2.16. The van der Waals surface area contributed by atoms with Crippen LogP contribution in [0.25, 0.3) is 16.4 Å². The molecular weight excluding hydrogens is 312 g/mol. The number of para-hydroxylation sites is 1. The van der Waals surface area contributed by atoms with Crippen molar-refractivity contribution in [2.45, 2.75) is 6.42 Å². The molecule has 4 rings (SSSR count). The number of benzene rings is 1. The average molecular weight is 328 g/mol. The van der Waals surface area contributed by atoms with Crippen LogP contribution in [0.1, 0.15) is 5.69 Å². The quantitative estimate of drug-likeness (QED) is 0.720. The maximum Gasteiger partial charge on any atom is 0.347 e. The van der Waals surface area contributed by atoms with Gasteiger partial charge in [-0.15, -0.1) is 0 Å². The minimum Gasteiger partial charge on any atom is -0.378 e. The summed E-state index contributed by atoms with van der Waals surface area (Å²) >= 11 is 5.52. The molecule has 7 heteroatoms. The molecule has 118 valence electrons. The zero-order valence-corrected chi connectivity index (χ0v) is 13.3. The van der Waals surface area contributed by atoms with E-state index in [0.29, 0.717) is 19.6 Å². The number of hydrogen-bond acceptors (Lipinski definition) is 4. The van der Waals surface area contributed by atoms with Crippen LogP contribution in [0.3, 0.4) is 0 Å². The van der Waals surface area contributed by atoms with Crippen LogP contribution in [0.4, 0.5) is 0 Å². The molecule has 1 aliphatic rings. The number of aromatic nitrogens is 3. The molecule has 0 atom stereocenters. The molecule has 0 amide bonds. The third kappa shape index (κ3) is 2.62. The number of nitrogens with zero attached hydrogens (tertiary/aromatic N) is 3. The lowest BCUT2D eigenvalue weighted by molar-refractivity contribution is 0.0684. The Kier molecular flexibility index (Phi) is 3.59. The van der Waals surface area contributed by atoms with Gasteiger partial charge in [0.25, 0.3) is 0 Å². The van der Waals surface area contributed by atoms with Gasteiger partial charge in [-0.2, -0.15) is 9.61 Å². The summed E-state index contributed by atoms with van der Waals surface area (Å²) in [7, 11) is 0. The first-order valence-corrected chi connectivity index (χ1v) is 7.98. The van der Waals surface area contributed by atoms with Crippen LogP contribution in [0.15, 0.2) is 35.1 Å². The fourth-order valence-corrected chi connectivity index (χ4v) is 3.26. The second kappa shape index (κ2) is 5.75. The molecule has 3 aromatic rings. The summed E-state index contributed by atoms with van der Waals surface area (Å²) < 4.78 is 6.76. The van der Waals surface area contributed by atoms with E-state index in [1.54, 1.807) is 0 Å². The lowest BCUT2D eigenvalue weighted by Crippen LogP contribution is -2.40. The lowest BCUT2D eigenvalue weighted by atomic mass is 10.2. The van der Waals surface area contributed by atoms with Gasteiger partial charge in [-0.05, 0) is 12.1 Å². The molecule has 3 heterocycles. The molecule has 0 saturated carbocycles. The van der Waals surface area contributed by atoms with Gasteiger partial charge in [0.15, 0.2) is 0 Å². The van der Waals surface area contributed by atoms with E-state index in [2.05, 4.69) is 15.0 Å². The molecule has 0 aliphatic carbocycles. The predicted molar refractivity (Wildman–Crippen MR) is 92.0 cm³/mol. The Hall–Kier alpha value is -2.25. The van der Waals surface area contributed by atoms with E-state index >= 15 is 0 Å². The van der Waals surface area contributed by atoms with Crippen LogP contribution in [0.5, 0.6) is 0 Å². The van der Waals surface area contributed by atoms with E-state index in [0.717, 1.165) is 40.2 Å². The minimum absolute atomic E-state index is 0.234. The molecule has 23 heavy (non-hydrogen) atoms. The zero-order chi connectivity index (χ0) is 15.8. The van der Waals surface area contributed by atoms with Crippen LogP contribution in [0, 0.1) is 0 Å². The summed E-state index contributed by atoms with van der Waals surface area (Å²) in [4.78, 5) is 18.0. The summed E-state index contributed by atoms with van der Waals surface area (Å²) in [5.41, 5.74) is 2.20. The van der Waals surface area contributed by atoms with Crippen LogP contribution < -0.4 is 5.69 Å². The van der Waals surface area contributed by atoms with Crippen molar-refractivity contribution in [1.29, 1.82) is 0 Å². The van der Waals surface area contributed by atoms with Gasteiger partial charge in [-0.1, -0.05) is 30.4 Å². The first-order valence-electron chi connectivity index (χ1n) is 7.57. The van der Waals surface area contributed by atoms with Crippen molar-refractivity contribution in [3.05, 3.63) is 46.5 Å². The third-order valence-electron chi connectivity index (χ3n) is 4.09. The monoisotopic (exact) mass is 328 g/mol. The van der Waals surface area contributed by atoms with Crippen molar-refractivity contribution in [2.75, 3.05) is 26.3 Å². The third-order valence-corrected chi connectivity index (χ3v) is 4.50. The maximum atomic E-state index is 12.2. The Labute approximate surface area is 137 Å². The first-order chi connectivity index (χ1) is 11.2. The van der Waals surface area contributed by atoms with Crippen molar-refractivity contribution in [1.82, 2.24) is 19.5 Å². The Morgan fingerprint density at radius 2 is 2.09 bits per heavy atom. The molecule has 0 bridgehead atoms. The largest absolute Gasteiger partial charge is 0.378 e. The Morgan fingerprint density at radius 1 is 1.30 bits per heavy atom. The van der Waals surface area contributed by atoms with Crippen molar-refractivity contribution < 1.29 is 4.74 Å². The summed E-state index contributed by atoms with van der Waals surface area (Å²) in [6.45, 7) is 3.04. The normalized spacial score (nSPS) is 15.4. The van der Waals surface area contributed by atoms with Gasteiger partial charge in [0.1, 0.15) is 0 Å². The molecule has 0 unspecified atom stereocenters. The Morgan fingerprint density at radius 3 is 2.91 bits per heavy atom. The van der Waals surface area contributed by atoms with E-state index in [1.165, 1.54) is 4.52 Å². The molecule has 0 spiro atoms. The molecule has 1 aliphatic heterocycles. The fraction of sp³-hybridized carbons (Fsp3) is 0.312. The highest BCUT2D eigenvalue weighted by molar-refractivity contribution is 7.80. The number of fused-ring (bicyclic) bond motifs is 3. The maximum absolute atomic E-state index is 12.2. The number of thiocarbonyl (C=S) groups is 1. The van der Waals surface area contributed by atoms with Crippen LogP contribution in [0.2, 0.25) is 0 Å². The van der Waals surface area contributed by atoms with Crippen molar-refractivity contribution in [2.24, 2.45) is 0 Å². The number of nitrogens with one attached hydrogen (secondary N) is 1. The van der Waals surface area contributed by atoms with Crippen LogP contribution >= 0.6 is 12.2 Å². The van der Waals surface area contributed by atoms with E-state index in [9.17, 15) is 4.79 Å². The van der Waals surface area contributed by atoms with E-state index in [1.807, 2.05) is 30.3 Å². The van der Waals surface area contributed by atoms with Gasteiger partial charge >= 0.3 is 5.69 Å². The molecule has 6 nitrogen and oxygen atoms in total. The number of ether oxygens (including phenoxy) is 1. The van der Waals surface area contributed by atoms with Gasteiger partial charge in [0.2, 0.25) is 0 Å². The Balaban J connectivity index is 1.71. The van der Waals surface area contributed by atoms with Gasteiger partial charge in [-0.3, -0.25) is 0 Å². The van der Waals surface area contributed by atoms with Gasteiger partial charge in [0.05, 0.1) is 34.9 Å². The average Bonchev–Trinajstić information content (AvgIpc) is 3.00. The molecule has 0 radical (unpaired) electrons. The second-order valence-corrected chi connectivity index (χ2v) is 6.05. The zero-order valence-electron chi connectivity index (χ0n) is 12.5. The molecule has 2 aromatic heterocycles. The molecule has 1 fully saturated rings. The Bertz CT molecular complexity index is 940. The number of H-pyrrole nitrogens is 1. The summed E-state index contributed by atoms with van der Waals surface area (Å²) in [6.07, 6.45) is 0.560. The first kappa shape index (κ1) is 14.3. The van der Waals surface area contributed by atoms with Crippen molar-refractivity contribution >= 4 is 33.6 Å². The molecule has 1 N–H and O–H groups in total. The van der Waals surface area contributed by atoms with Gasteiger partial charge < -0.3 is 14.6 Å². The summed E-state index contributed by atoms with van der Waals surface area (Å²) in [5.74, 6) is 0. The lowest BCUT2D eigenvalue weighted by Gasteiger charge is -2.28. The smallest absolute Gasteiger partial charge is 0.347 e. The number of rotatable bonds is 2. The molecule has 1 saturated heterocycles. The second-order valence-electron chi connectivity index (χ2n) is 5.58. The summed E-state index contributed by atoms with van der Waals surface area (Å²) in [5, 5.41) is 5.40. The van der Waals surface area contributed by atoms with E-state index < -0.39 is 0 Å². The van der Waals surface area contributed by atoms with Gasteiger partial charge in [0, 0.05) is 24.9 Å². The number of morpholine rings is 1. The molecular formula is C16H16N4O2S. The van der Waals surface area contributed by atoms with Crippen molar-refractivity contribution in [3.8, 4) is 0 Å². The van der Waals surface area contributed by atoms with Gasteiger partial charge in [-0.25, -0.2) is 4.79 Å². The number of hydrogen-bond donors (Lipinski definition) is 1. The topological polar surface area (TPSA) is 62.6 Å². The van der Waals surface area contributed by atoms with Crippen molar-refractivity contribution in [3.63, 3.8) is 0 Å². The fourth-order valence-electron chi connectivity index (χ4n) is 2.93.